The summed E-state index contributed by atoms with van der Waals surface area (Å²) in [6.07, 6.45) is 0.352. The molecule has 10 nitrogen and oxygen atoms in total. The Hall–Kier alpha value is -3.19. The Morgan fingerprint density at radius 3 is 2.13 bits per heavy atom. The summed E-state index contributed by atoms with van der Waals surface area (Å²) >= 11 is 0. The summed E-state index contributed by atoms with van der Waals surface area (Å²) < 4.78 is 49.6. The molecule has 2 saturated heterocycles. The number of alkyl halides is 3. The van der Waals surface area contributed by atoms with E-state index in [1.54, 1.807) is 36.1 Å². The van der Waals surface area contributed by atoms with E-state index in [9.17, 15) is 32.3 Å². The van der Waals surface area contributed by atoms with Crippen LogP contribution in [0.2, 0.25) is 0 Å². The normalized spacial score (nSPS) is 23.1. The Bertz CT molecular complexity index is 1190. The molecule has 0 aromatic heterocycles. The number of nitrogens with one attached hydrogen (secondary N) is 3. The number of carbonyl (C=O) groups is 4. The molecule has 13 heteroatoms. The van der Waals surface area contributed by atoms with Crippen LogP contribution >= 0.6 is 0 Å². The molecule has 1 aromatic rings. The summed E-state index contributed by atoms with van der Waals surface area (Å²) in [7, 11) is 1.54. The van der Waals surface area contributed by atoms with E-state index in [2.05, 4.69) is 16.0 Å². The Balaban J connectivity index is 1.39. The van der Waals surface area contributed by atoms with Crippen molar-refractivity contribution >= 4 is 23.5 Å². The van der Waals surface area contributed by atoms with Gasteiger partial charge in [-0.05, 0) is 69.8 Å². The highest BCUT2D eigenvalue weighted by atomic mass is 19.4. The number of likely N-dealkylation sites (tertiary alicyclic amines) is 1. The minimum Gasteiger partial charge on any atom is -0.497 e. The number of methoxy groups -OCH3 is 1. The van der Waals surface area contributed by atoms with E-state index >= 15 is 0 Å². The van der Waals surface area contributed by atoms with Gasteiger partial charge in [-0.1, -0.05) is 37.8 Å². The largest absolute Gasteiger partial charge is 0.497 e. The molecule has 2 aliphatic heterocycles. The van der Waals surface area contributed by atoms with Crippen LogP contribution < -0.4 is 20.7 Å². The molecule has 0 bridgehead atoms. The monoisotopic (exact) mass is 638 g/mol. The molecule has 0 unspecified atom stereocenters. The fourth-order valence-corrected chi connectivity index (χ4v) is 6.18. The third kappa shape index (κ3) is 9.90. The van der Waals surface area contributed by atoms with Crippen molar-refractivity contribution in [1.29, 1.82) is 0 Å². The van der Waals surface area contributed by atoms with Gasteiger partial charge in [0.15, 0.2) is 5.78 Å². The van der Waals surface area contributed by atoms with Gasteiger partial charge in [0.2, 0.25) is 17.7 Å². The van der Waals surface area contributed by atoms with Crippen molar-refractivity contribution in [1.82, 2.24) is 20.9 Å². The van der Waals surface area contributed by atoms with Crippen molar-refractivity contribution in [3.8, 4) is 5.75 Å². The number of carbonyl (C=O) groups excluding carboxylic acids is 4. The lowest BCUT2D eigenvalue weighted by molar-refractivity contribution is -0.185. The van der Waals surface area contributed by atoms with E-state index in [1.165, 1.54) is 14.0 Å². The van der Waals surface area contributed by atoms with Gasteiger partial charge in [0, 0.05) is 6.42 Å². The fraction of sp³-hybridized carbons (Fsp3) is 0.688. The number of piperidine rings is 1. The lowest BCUT2D eigenvalue weighted by Gasteiger charge is -2.32. The molecule has 4 rings (SSSR count). The zero-order chi connectivity index (χ0) is 32.8. The van der Waals surface area contributed by atoms with Crippen molar-refractivity contribution in [3.05, 3.63) is 29.8 Å². The van der Waals surface area contributed by atoms with E-state index in [4.69, 9.17) is 9.47 Å². The second-order valence-corrected chi connectivity index (χ2v) is 12.8. The van der Waals surface area contributed by atoms with Gasteiger partial charge in [-0.15, -0.1) is 0 Å². The minimum atomic E-state index is -4.25. The fourth-order valence-electron chi connectivity index (χ4n) is 6.18. The summed E-state index contributed by atoms with van der Waals surface area (Å²) in [5.41, 5.74) is -0.183. The number of ether oxygens (including phenoxy) is 2. The van der Waals surface area contributed by atoms with Gasteiger partial charge >= 0.3 is 6.18 Å². The van der Waals surface area contributed by atoms with Crippen molar-refractivity contribution in [2.75, 3.05) is 33.4 Å². The lowest BCUT2D eigenvalue weighted by atomic mass is 9.90. The zero-order valence-electron chi connectivity index (χ0n) is 26.2. The predicted molar refractivity (Wildman–Crippen MR) is 159 cm³/mol. The number of rotatable bonds is 14. The second-order valence-electron chi connectivity index (χ2n) is 12.8. The van der Waals surface area contributed by atoms with E-state index in [-0.39, 0.29) is 44.7 Å². The van der Waals surface area contributed by atoms with Crippen LogP contribution in [0, 0.1) is 11.8 Å². The zero-order valence-corrected chi connectivity index (χ0v) is 26.2. The van der Waals surface area contributed by atoms with Gasteiger partial charge in [-0.3, -0.25) is 24.1 Å². The van der Waals surface area contributed by atoms with Crippen molar-refractivity contribution in [2.24, 2.45) is 11.8 Å². The van der Waals surface area contributed by atoms with Crippen LogP contribution in [0.25, 0.3) is 0 Å². The molecule has 45 heavy (non-hydrogen) atoms. The quantitative estimate of drug-likeness (QED) is 0.267. The molecule has 3 amide bonds. The molecule has 3 aliphatic rings. The molecular weight excluding hydrogens is 593 g/mol. The van der Waals surface area contributed by atoms with Crippen LogP contribution in [0.3, 0.4) is 0 Å². The van der Waals surface area contributed by atoms with Crippen molar-refractivity contribution in [3.63, 3.8) is 0 Å². The molecule has 2 heterocycles. The molecule has 0 spiro atoms. The number of amides is 3. The Labute approximate surface area is 262 Å². The molecule has 1 aromatic carbocycles. The Morgan fingerprint density at radius 1 is 0.978 bits per heavy atom. The maximum absolute atomic E-state index is 13.7. The first kappa shape index (κ1) is 34.7. The van der Waals surface area contributed by atoms with Gasteiger partial charge in [0.25, 0.3) is 0 Å². The summed E-state index contributed by atoms with van der Waals surface area (Å²) in [6.45, 7) is 3.61. The number of benzene rings is 1. The number of Topliss-reactive ketones (excluding diaryl/α,β-unsaturated/α-hetero) is 1. The van der Waals surface area contributed by atoms with Crippen LogP contribution in [0.4, 0.5) is 13.2 Å². The SMILES string of the molecule is COc1ccc(C[C@H](NC(=O)[C@H](C)NC(=O)CN2CCC(C(F)(F)F)CC2)C(=O)N[C@@H](CC2CCCC2)C(=O)[C@]2(C)CO2)cc1. The number of ketones is 1. The molecular formula is C32H45F3N4O6. The molecule has 0 radical (unpaired) electrons. The van der Waals surface area contributed by atoms with Crippen LogP contribution in [0.5, 0.6) is 5.75 Å². The van der Waals surface area contributed by atoms with E-state index in [1.807, 2.05) is 0 Å². The second kappa shape index (κ2) is 14.9. The van der Waals surface area contributed by atoms with Gasteiger partial charge in [0.05, 0.1) is 32.2 Å². The summed E-state index contributed by atoms with van der Waals surface area (Å²) in [5, 5.41) is 8.24. The molecule has 4 atom stereocenters. The number of hydrogen-bond acceptors (Lipinski definition) is 7. The molecule has 1 saturated carbocycles. The average molecular weight is 639 g/mol. The van der Waals surface area contributed by atoms with Crippen LogP contribution in [-0.4, -0.2) is 91.7 Å². The van der Waals surface area contributed by atoms with Crippen molar-refractivity contribution < 1.29 is 41.8 Å². The molecule has 3 fully saturated rings. The lowest BCUT2D eigenvalue weighted by Crippen LogP contribution is -2.57. The van der Waals surface area contributed by atoms with Crippen LogP contribution in [-0.2, 0) is 30.3 Å². The Kier molecular flexibility index (Phi) is 11.5. The number of halogens is 3. The smallest absolute Gasteiger partial charge is 0.391 e. The van der Waals surface area contributed by atoms with E-state index in [0.717, 1.165) is 31.2 Å². The average Bonchev–Trinajstić information content (AvgIpc) is 3.54. The highest BCUT2D eigenvalue weighted by Crippen LogP contribution is 2.35. The molecule has 3 N–H and O–H groups in total. The molecule has 1 aliphatic carbocycles. The maximum atomic E-state index is 13.7. The van der Waals surface area contributed by atoms with Gasteiger partial charge < -0.3 is 25.4 Å². The third-order valence-electron chi connectivity index (χ3n) is 9.20. The summed E-state index contributed by atoms with van der Waals surface area (Å²) in [4.78, 5) is 54.6. The first-order chi connectivity index (χ1) is 21.3. The minimum absolute atomic E-state index is 0.0789. The van der Waals surface area contributed by atoms with Gasteiger partial charge in [0.1, 0.15) is 23.4 Å². The van der Waals surface area contributed by atoms with E-state index in [0.29, 0.717) is 24.7 Å². The van der Waals surface area contributed by atoms with Crippen molar-refractivity contribution in [2.45, 2.75) is 95.1 Å². The van der Waals surface area contributed by atoms with E-state index < -0.39 is 53.5 Å². The highest BCUT2D eigenvalue weighted by molar-refractivity contribution is 5.98. The number of hydrogen-bond donors (Lipinski definition) is 3. The van der Waals surface area contributed by atoms with Gasteiger partial charge in [-0.2, -0.15) is 13.2 Å². The number of epoxide rings is 1. The first-order valence-electron chi connectivity index (χ1n) is 15.8. The summed E-state index contributed by atoms with van der Waals surface area (Å²) in [6, 6.07) is 4.19. The number of nitrogens with zero attached hydrogens (tertiary/aromatic N) is 1. The topological polar surface area (TPSA) is 129 Å². The van der Waals surface area contributed by atoms with Crippen LogP contribution in [0.15, 0.2) is 24.3 Å². The van der Waals surface area contributed by atoms with Gasteiger partial charge in [-0.25, -0.2) is 0 Å². The standard InChI is InChI=1S/C32H45F3N4O6/c1-20(36-27(40)18-39-14-12-23(13-15-39)32(33,34)35)29(42)38-26(17-22-8-10-24(44-3)11-9-22)30(43)37-25(16-21-6-4-5-7-21)28(41)31(2)19-45-31/h8-11,20-21,23,25-26H,4-7,12-19H2,1-3H3,(H,36,40)(H,37,43)(H,38,42)/t20-,25-,26-,31-/m0/s1. The van der Waals surface area contributed by atoms with Crippen LogP contribution in [0.1, 0.15) is 64.4 Å². The predicted octanol–water partition coefficient (Wildman–Crippen LogP) is 2.92. The summed E-state index contributed by atoms with van der Waals surface area (Å²) in [5.74, 6) is -2.25. The third-order valence-corrected chi connectivity index (χ3v) is 9.20. The Morgan fingerprint density at radius 2 is 1.58 bits per heavy atom. The first-order valence-corrected chi connectivity index (χ1v) is 15.8. The highest BCUT2D eigenvalue weighted by Gasteiger charge is 2.50. The molecule has 250 valence electrons. The maximum Gasteiger partial charge on any atom is 0.391 e.